The van der Waals surface area contributed by atoms with Crippen LogP contribution in [-0.2, 0) is 10.0 Å². The van der Waals surface area contributed by atoms with Gasteiger partial charge in [-0.15, -0.1) is 0 Å². The number of nitrogens with two attached hydrogens (primary N) is 1. The third-order valence-electron chi connectivity index (χ3n) is 2.59. The third-order valence-corrected chi connectivity index (χ3v) is 5.22. The minimum Gasteiger partial charge on any atom is -0.392 e. The van der Waals surface area contributed by atoms with Crippen LogP contribution in [0.3, 0.4) is 0 Å². The van der Waals surface area contributed by atoms with E-state index >= 15 is 0 Å². The van der Waals surface area contributed by atoms with Gasteiger partial charge in [0.1, 0.15) is 5.25 Å². The van der Waals surface area contributed by atoms with Crippen LogP contribution in [0.5, 0.6) is 0 Å². The van der Waals surface area contributed by atoms with Crippen molar-refractivity contribution in [3.63, 3.8) is 0 Å². The highest BCUT2D eigenvalue weighted by Crippen LogP contribution is 2.20. The van der Waals surface area contributed by atoms with Crippen LogP contribution in [0.2, 0.25) is 0 Å². The van der Waals surface area contributed by atoms with Crippen molar-refractivity contribution in [1.82, 2.24) is 0 Å². The van der Waals surface area contributed by atoms with Crippen molar-refractivity contribution in [2.24, 2.45) is 5.73 Å². The van der Waals surface area contributed by atoms with Crippen molar-refractivity contribution in [3.8, 4) is 0 Å². The van der Waals surface area contributed by atoms with Crippen LogP contribution >= 0.6 is 12.2 Å². The summed E-state index contributed by atoms with van der Waals surface area (Å²) in [6.45, 7) is 3.39. The summed E-state index contributed by atoms with van der Waals surface area (Å²) >= 11 is 4.73. The molecule has 1 rings (SSSR count). The number of nitrogens with zero attached hydrogens (tertiary/aromatic N) is 1. The Bertz CT molecular complexity index is 526. The molecule has 1 aromatic carbocycles. The van der Waals surface area contributed by atoms with E-state index in [4.69, 9.17) is 18.0 Å². The smallest absolute Gasteiger partial charge is 0.244 e. The molecule has 4 nitrogen and oxygen atoms in total. The molecule has 0 saturated carbocycles. The highest BCUT2D eigenvalue weighted by atomic mass is 32.2. The molecule has 17 heavy (non-hydrogen) atoms. The van der Waals surface area contributed by atoms with E-state index in [1.54, 1.807) is 12.1 Å². The maximum atomic E-state index is 12.1. The number of hydrogen-bond donors (Lipinski definition) is 1. The fourth-order valence-electron chi connectivity index (χ4n) is 1.35. The number of aryl methyl sites for hydroxylation is 1. The summed E-state index contributed by atoms with van der Waals surface area (Å²) in [5.41, 5.74) is 6.99. The Hall–Kier alpha value is -1.14. The van der Waals surface area contributed by atoms with Gasteiger partial charge < -0.3 is 5.73 Å². The van der Waals surface area contributed by atoms with E-state index in [1.807, 2.05) is 19.1 Å². The molecule has 6 heteroatoms. The number of benzene rings is 1. The van der Waals surface area contributed by atoms with Crippen LogP contribution in [0.1, 0.15) is 12.5 Å². The van der Waals surface area contributed by atoms with E-state index in [1.165, 1.54) is 18.3 Å². The quantitative estimate of drug-likeness (QED) is 0.842. The van der Waals surface area contributed by atoms with Gasteiger partial charge in [0.2, 0.25) is 10.0 Å². The summed E-state index contributed by atoms with van der Waals surface area (Å²) in [6, 6.07) is 7.24. The Morgan fingerprint density at radius 1 is 1.47 bits per heavy atom. The zero-order valence-electron chi connectivity index (χ0n) is 10.0. The molecule has 0 aliphatic rings. The normalized spacial score (nSPS) is 13.1. The van der Waals surface area contributed by atoms with Crippen molar-refractivity contribution in [2.45, 2.75) is 19.1 Å². The number of rotatable bonds is 4. The van der Waals surface area contributed by atoms with Crippen LogP contribution in [-0.4, -0.2) is 25.7 Å². The first-order valence-corrected chi connectivity index (χ1v) is 7.01. The van der Waals surface area contributed by atoms with Gasteiger partial charge in [0, 0.05) is 7.05 Å². The van der Waals surface area contributed by atoms with E-state index in [2.05, 4.69) is 0 Å². The molecule has 0 bridgehead atoms. The van der Waals surface area contributed by atoms with Crippen molar-refractivity contribution >= 4 is 32.9 Å². The average molecular weight is 272 g/mol. The van der Waals surface area contributed by atoms with Crippen LogP contribution in [0.25, 0.3) is 0 Å². The van der Waals surface area contributed by atoms with E-state index in [9.17, 15) is 8.42 Å². The van der Waals surface area contributed by atoms with Crippen LogP contribution in [0.15, 0.2) is 24.3 Å². The lowest BCUT2D eigenvalue weighted by Crippen LogP contribution is -2.41. The summed E-state index contributed by atoms with van der Waals surface area (Å²) in [5.74, 6) is 0. The monoisotopic (exact) mass is 272 g/mol. The predicted molar refractivity (Wildman–Crippen MR) is 74.7 cm³/mol. The SMILES string of the molecule is Cc1cccc(N(C)S(=O)(=O)C(C)C(N)=S)c1. The van der Waals surface area contributed by atoms with Crippen molar-refractivity contribution < 1.29 is 8.42 Å². The van der Waals surface area contributed by atoms with Crippen LogP contribution < -0.4 is 10.0 Å². The Balaban J connectivity index is 3.13. The van der Waals surface area contributed by atoms with E-state index < -0.39 is 15.3 Å². The molecular weight excluding hydrogens is 256 g/mol. The summed E-state index contributed by atoms with van der Waals surface area (Å²) in [7, 11) is -2.04. The highest BCUT2D eigenvalue weighted by Gasteiger charge is 2.28. The number of sulfonamides is 1. The maximum Gasteiger partial charge on any atom is 0.244 e. The van der Waals surface area contributed by atoms with Crippen molar-refractivity contribution in [3.05, 3.63) is 29.8 Å². The first-order chi connectivity index (χ1) is 7.76. The second-order valence-electron chi connectivity index (χ2n) is 3.90. The van der Waals surface area contributed by atoms with Gasteiger partial charge in [0.05, 0.1) is 10.7 Å². The maximum absolute atomic E-state index is 12.1. The molecular formula is C11H16N2O2S2. The van der Waals surface area contributed by atoms with Gasteiger partial charge in [0.15, 0.2) is 0 Å². The third kappa shape index (κ3) is 2.95. The molecule has 0 aliphatic heterocycles. The van der Waals surface area contributed by atoms with Gasteiger partial charge >= 0.3 is 0 Å². The summed E-state index contributed by atoms with van der Waals surface area (Å²) in [6.07, 6.45) is 0. The molecule has 1 aromatic rings. The Morgan fingerprint density at radius 2 is 2.06 bits per heavy atom. The number of thiocarbonyl (C=S) groups is 1. The fraction of sp³-hybridized carbons (Fsp3) is 0.364. The van der Waals surface area contributed by atoms with Gasteiger partial charge in [0.25, 0.3) is 0 Å². The minimum absolute atomic E-state index is 0.0236. The van der Waals surface area contributed by atoms with Crippen LogP contribution in [0.4, 0.5) is 5.69 Å². The molecule has 1 unspecified atom stereocenters. The summed E-state index contributed by atoms with van der Waals surface area (Å²) in [5, 5.41) is -0.872. The molecule has 0 aliphatic carbocycles. The van der Waals surface area contributed by atoms with E-state index in [0.717, 1.165) is 5.56 Å². The van der Waals surface area contributed by atoms with Gasteiger partial charge in [-0.2, -0.15) is 0 Å². The predicted octanol–water partition coefficient (Wildman–Crippen LogP) is 1.44. The lowest BCUT2D eigenvalue weighted by Gasteiger charge is -2.23. The Kier molecular flexibility index (Phi) is 4.11. The first kappa shape index (κ1) is 13.9. The number of hydrogen-bond acceptors (Lipinski definition) is 3. The second-order valence-corrected chi connectivity index (χ2v) is 6.65. The Morgan fingerprint density at radius 3 is 2.53 bits per heavy atom. The molecule has 0 aromatic heterocycles. The lowest BCUT2D eigenvalue weighted by atomic mass is 10.2. The largest absolute Gasteiger partial charge is 0.392 e. The standard InChI is InChI=1S/C11H16N2O2S2/c1-8-5-4-6-10(7-8)13(3)17(14,15)9(2)11(12)16/h4-7,9H,1-3H3,(H2,12,16). The molecule has 94 valence electrons. The zero-order valence-corrected chi connectivity index (χ0v) is 11.7. The molecule has 0 saturated heterocycles. The Labute approximate surface area is 107 Å². The average Bonchev–Trinajstić information content (AvgIpc) is 2.26. The van der Waals surface area contributed by atoms with Gasteiger partial charge in [-0.3, -0.25) is 4.31 Å². The minimum atomic E-state index is -3.54. The first-order valence-electron chi connectivity index (χ1n) is 5.10. The molecule has 1 atom stereocenters. The zero-order chi connectivity index (χ0) is 13.2. The molecule has 0 spiro atoms. The molecule has 0 fully saturated rings. The topological polar surface area (TPSA) is 63.4 Å². The molecule has 0 amide bonds. The van der Waals surface area contributed by atoms with Crippen molar-refractivity contribution in [1.29, 1.82) is 0 Å². The lowest BCUT2D eigenvalue weighted by molar-refractivity contribution is 0.591. The van der Waals surface area contributed by atoms with Gasteiger partial charge in [-0.1, -0.05) is 24.4 Å². The van der Waals surface area contributed by atoms with E-state index in [0.29, 0.717) is 5.69 Å². The molecule has 0 heterocycles. The molecule has 2 N–H and O–H groups in total. The summed E-state index contributed by atoms with van der Waals surface area (Å²) in [4.78, 5) is -0.0236. The molecule has 0 radical (unpaired) electrons. The van der Waals surface area contributed by atoms with E-state index in [-0.39, 0.29) is 4.99 Å². The summed E-state index contributed by atoms with van der Waals surface area (Å²) < 4.78 is 25.5. The fourth-order valence-corrected chi connectivity index (χ4v) is 2.89. The van der Waals surface area contributed by atoms with Gasteiger partial charge in [-0.05, 0) is 31.5 Å². The van der Waals surface area contributed by atoms with Crippen LogP contribution in [0, 0.1) is 6.92 Å². The number of anilines is 1. The van der Waals surface area contributed by atoms with Gasteiger partial charge in [-0.25, -0.2) is 8.42 Å². The van der Waals surface area contributed by atoms with Crippen molar-refractivity contribution in [2.75, 3.05) is 11.4 Å². The second kappa shape index (κ2) is 5.01. The highest BCUT2D eigenvalue weighted by molar-refractivity contribution is 7.95.